The first-order valence-electron chi connectivity index (χ1n) is 5.77. The van der Waals surface area contributed by atoms with E-state index >= 15 is 0 Å². The lowest BCUT2D eigenvalue weighted by atomic mass is 9.93. The van der Waals surface area contributed by atoms with E-state index in [9.17, 15) is 4.39 Å². The summed E-state index contributed by atoms with van der Waals surface area (Å²) in [4.78, 5) is 4.38. The maximum Gasteiger partial charge on any atom is 0.123 e. The van der Waals surface area contributed by atoms with Crippen molar-refractivity contribution in [1.82, 2.24) is 10.3 Å². The minimum Gasteiger partial charge on any atom is -0.306 e. The molecule has 2 aromatic rings. The Hall–Kier alpha value is -1.74. The molecular weight excluding hydrogens is 215 g/mol. The Balaban J connectivity index is 2.06. The molecule has 1 N–H and O–H groups in total. The van der Waals surface area contributed by atoms with Crippen molar-refractivity contribution in [2.75, 3.05) is 6.54 Å². The largest absolute Gasteiger partial charge is 0.306 e. The summed E-state index contributed by atoms with van der Waals surface area (Å²) in [5.41, 5.74) is 3.23. The van der Waals surface area contributed by atoms with Crippen LogP contribution >= 0.6 is 0 Å². The van der Waals surface area contributed by atoms with E-state index in [0.717, 1.165) is 29.8 Å². The summed E-state index contributed by atoms with van der Waals surface area (Å²) < 4.78 is 13.3. The van der Waals surface area contributed by atoms with Crippen molar-refractivity contribution >= 4 is 0 Å². The molecule has 1 atom stereocenters. The number of halogens is 1. The van der Waals surface area contributed by atoms with Gasteiger partial charge in [-0.15, -0.1) is 0 Å². The van der Waals surface area contributed by atoms with E-state index in [1.54, 1.807) is 12.1 Å². The van der Waals surface area contributed by atoms with Gasteiger partial charge in [0.05, 0.1) is 6.04 Å². The van der Waals surface area contributed by atoms with Crippen LogP contribution in [0.25, 0.3) is 0 Å². The average Bonchev–Trinajstić information content (AvgIpc) is 2.38. The van der Waals surface area contributed by atoms with Crippen LogP contribution in [-0.2, 0) is 6.42 Å². The van der Waals surface area contributed by atoms with E-state index in [-0.39, 0.29) is 11.9 Å². The van der Waals surface area contributed by atoms with Gasteiger partial charge in [-0.05, 0) is 29.3 Å². The Kier molecular flexibility index (Phi) is 2.61. The van der Waals surface area contributed by atoms with Crippen LogP contribution < -0.4 is 5.32 Å². The Bertz CT molecular complexity index is 539. The highest BCUT2D eigenvalue weighted by molar-refractivity contribution is 5.36. The van der Waals surface area contributed by atoms with Crippen LogP contribution in [0.4, 0.5) is 4.39 Å². The van der Waals surface area contributed by atoms with Crippen LogP contribution in [0.1, 0.15) is 22.9 Å². The first-order valence-corrected chi connectivity index (χ1v) is 5.77. The van der Waals surface area contributed by atoms with Gasteiger partial charge in [-0.2, -0.15) is 0 Å². The maximum absolute atomic E-state index is 13.3. The standard InChI is InChI=1S/C14H13FN2/c15-11-4-1-3-10(9-11)14-12-5-2-7-16-13(12)6-8-17-14/h1-5,7,9,14,17H,6,8H2. The van der Waals surface area contributed by atoms with Crippen molar-refractivity contribution in [3.05, 3.63) is 65.2 Å². The van der Waals surface area contributed by atoms with Crippen molar-refractivity contribution in [2.45, 2.75) is 12.5 Å². The van der Waals surface area contributed by atoms with Gasteiger partial charge in [0.15, 0.2) is 0 Å². The number of rotatable bonds is 1. The highest BCUT2D eigenvalue weighted by Crippen LogP contribution is 2.27. The van der Waals surface area contributed by atoms with Crippen molar-refractivity contribution in [3.63, 3.8) is 0 Å². The van der Waals surface area contributed by atoms with Crippen LogP contribution in [0.3, 0.4) is 0 Å². The summed E-state index contributed by atoms with van der Waals surface area (Å²) in [6.07, 6.45) is 2.74. The van der Waals surface area contributed by atoms with Crippen LogP contribution in [0, 0.1) is 5.82 Å². The molecule has 0 spiro atoms. The molecule has 2 heterocycles. The van der Waals surface area contributed by atoms with Gasteiger partial charge in [0.1, 0.15) is 5.82 Å². The monoisotopic (exact) mass is 228 g/mol. The summed E-state index contributed by atoms with van der Waals surface area (Å²) >= 11 is 0. The fourth-order valence-electron chi connectivity index (χ4n) is 2.35. The maximum atomic E-state index is 13.3. The molecule has 2 nitrogen and oxygen atoms in total. The molecule has 1 unspecified atom stereocenters. The first kappa shape index (κ1) is 10.4. The molecule has 0 fully saturated rings. The molecule has 1 aliphatic rings. The van der Waals surface area contributed by atoms with Gasteiger partial charge in [0.25, 0.3) is 0 Å². The lowest BCUT2D eigenvalue weighted by Crippen LogP contribution is -2.31. The summed E-state index contributed by atoms with van der Waals surface area (Å²) in [7, 11) is 0. The van der Waals surface area contributed by atoms with Crippen LogP contribution in [0.15, 0.2) is 42.6 Å². The lowest BCUT2D eigenvalue weighted by molar-refractivity contribution is 0.552. The number of pyridine rings is 1. The Labute approximate surface area is 99.5 Å². The molecule has 1 aromatic heterocycles. The number of nitrogens with one attached hydrogen (secondary N) is 1. The fourth-order valence-corrected chi connectivity index (χ4v) is 2.35. The van der Waals surface area contributed by atoms with E-state index in [1.807, 2.05) is 18.3 Å². The normalized spacial score (nSPS) is 18.8. The Morgan fingerprint density at radius 3 is 3.06 bits per heavy atom. The highest BCUT2D eigenvalue weighted by Gasteiger charge is 2.21. The molecule has 1 aliphatic heterocycles. The van der Waals surface area contributed by atoms with Gasteiger partial charge < -0.3 is 5.32 Å². The molecule has 0 radical (unpaired) electrons. The van der Waals surface area contributed by atoms with E-state index in [0.29, 0.717) is 0 Å². The van der Waals surface area contributed by atoms with Gasteiger partial charge in [-0.1, -0.05) is 18.2 Å². The third-order valence-corrected chi connectivity index (χ3v) is 3.13. The SMILES string of the molecule is Fc1cccc(C2NCCc3ncccc32)c1. The zero-order chi connectivity index (χ0) is 11.7. The molecule has 0 aliphatic carbocycles. The third-order valence-electron chi connectivity index (χ3n) is 3.13. The van der Waals surface area contributed by atoms with Gasteiger partial charge in [0, 0.05) is 24.9 Å². The third kappa shape index (κ3) is 1.94. The van der Waals surface area contributed by atoms with E-state index < -0.39 is 0 Å². The van der Waals surface area contributed by atoms with Gasteiger partial charge in [-0.25, -0.2) is 4.39 Å². The van der Waals surface area contributed by atoms with Crippen molar-refractivity contribution < 1.29 is 4.39 Å². The molecule has 3 rings (SSSR count). The zero-order valence-corrected chi connectivity index (χ0v) is 9.36. The van der Waals surface area contributed by atoms with Crippen LogP contribution in [-0.4, -0.2) is 11.5 Å². The molecular formula is C14H13FN2. The summed E-state index contributed by atoms with van der Waals surface area (Å²) in [5.74, 6) is -0.194. The Morgan fingerprint density at radius 2 is 2.18 bits per heavy atom. The number of fused-ring (bicyclic) bond motifs is 1. The topological polar surface area (TPSA) is 24.9 Å². The van der Waals surface area contributed by atoms with Crippen LogP contribution in [0.5, 0.6) is 0 Å². The summed E-state index contributed by atoms with van der Waals surface area (Å²) in [5, 5.41) is 3.41. The molecule has 0 amide bonds. The quantitative estimate of drug-likeness (QED) is 0.811. The number of benzene rings is 1. The second kappa shape index (κ2) is 4.26. The number of hydrogen-bond donors (Lipinski definition) is 1. The van der Waals surface area contributed by atoms with Crippen molar-refractivity contribution in [1.29, 1.82) is 0 Å². The molecule has 17 heavy (non-hydrogen) atoms. The predicted molar refractivity (Wildman–Crippen MR) is 64.2 cm³/mol. The molecule has 0 saturated heterocycles. The van der Waals surface area contributed by atoms with E-state index in [2.05, 4.69) is 16.4 Å². The molecule has 0 saturated carbocycles. The molecule has 1 aromatic carbocycles. The molecule has 86 valence electrons. The number of aromatic nitrogens is 1. The predicted octanol–water partition coefficient (Wildman–Crippen LogP) is 2.46. The smallest absolute Gasteiger partial charge is 0.123 e. The number of hydrogen-bond acceptors (Lipinski definition) is 2. The Morgan fingerprint density at radius 1 is 1.24 bits per heavy atom. The molecule has 0 bridgehead atoms. The average molecular weight is 228 g/mol. The summed E-state index contributed by atoms with van der Waals surface area (Å²) in [6, 6.07) is 10.8. The van der Waals surface area contributed by atoms with E-state index in [1.165, 1.54) is 6.07 Å². The summed E-state index contributed by atoms with van der Waals surface area (Å²) in [6.45, 7) is 0.880. The van der Waals surface area contributed by atoms with Crippen LogP contribution in [0.2, 0.25) is 0 Å². The minimum atomic E-state index is -0.194. The second-order valence-electron chi connectivity index (χ2n) is 4.23. The zero-order valence-electron chi connectivity index (χ0n) is 9.36. The number of nitrogens with zero attached hydrogens (tertiary/aromatic N) is 1. The van der Waals surface area contributed by atoms with E-state index in [4.69, 9.17) is 0 Å². The fraction of sp³-hybridized carbons (Fsp3) is 0.214. The van der Waals surface area contributed by atoms with Gasteiger partial charge in [0.2, 0.25) is 0 Å². The lowest BCUT2D eigenvalue weighted by Gasteiger charge is -2.26. The highest BCUT2D eigenvalue weighted by atomic mass is 19.1. The minimum absolute atomic E-state index is 0.0585. The van der Waals surface area contributed by atoms with Crippen molar-refractivity contribution in [3.8, 4) is 0 Å². The van der Waals surface area contributed by atoms with Gasteiger partial charge in [-0.3, -0.25) is 4.98 Å². The second-order valence-corrected chi connectivity index (χ2v) is 4.23. The first-order chi connectivity index (χ1) is 8.34. The van der Waals surface area contributed by atoms with Gasteiger partial charge >= 0.3 is 0 Å². The van der Waals surface area contributed by atoms with Crippen molar-refractivity contribution in [2.24, 2.45) is 0 Å². The molecule has 3 heteroatoms.